The minimum atomic E-state index is 0.575. The number of hydrogen-bond donors (Lipinski definition) is 1. The lowest BCUT2D eigenvalue weighted by atomic mass is 10.1. The molecule has 0 spiro atoms. The van der Waals surface area contributed by atoms with E-state index in [4.69, 9.17) is 11.6 Å². The molecule has 0 aromatic carbocycles. The van der Waals surface area contributed by atoms with Crippen LogP contribution in [-0.4, -0.2) is 16.5 Å². The van der Waals surface area contributed by atoms with Gasteiger partial charge in [0.15, 0.2) is 0 Å². The molecule has 3 nitrogen and oxygen atoms in total. The summed E-state index contributed by atoms with van der Waals surface area (Å²) in [5.41, 5.74) is 1.03. The molecule has 0 amide bonds. The molecule has 0 aliphatic heterocycles. The Labute approximate surface area is 102 Å². The molecule has 1 aliphatic rings. The first kappa shape index (κ1) is 11.6. The quantitative estimate of drug-likeness (QED) is 0.820. The van der Waals surface area contributed by atoms with Crippen LogP contribution in [0.25, 0.3) is 0 Å². The zero-order valence-electron chi connectivity index (χ0n) is 9.67. The Kier molecular flexibility index (Phi) is 3.99. The summed E-state index contributed by atoms with van der Waals surface area (Å²) in [4.78, 5) is 8.27. The molecule has 1 N–H and O–H groups in total. The van der Waals surface area contributed by atoms with Gasteiger partial charge in [0.1, 0.15) is 17.3 Å². The monoisotopic (exact) mass is 239 g/mol. The Morgan fingerprint density at radius 1 is 1.38 bits per heavy atom. The minimum absolute atomic E-state index is 0.575. The van der Waals surface area contributed by atoms with Crippen LogP contribution in [-0.2, 0) is 6.42 Å². The summed E-state index contributed by atoms with van der Waals surface area (Å²) in [5.74, 6) is 1.72. The molecule has 0 unspecified atom stereocenters. The molecule has 1 heterocycles. The van der Waals surface area contributed by atoms with Crippen LogP contribution in [0.3, 0.4) is 0 Å². The van der Waals surface area contributed by atoms with Gasteiger partial charge in [-0.15, -0.1) is 0 Å². The summed E-state index contributed by atoms with van der Waals surface area (Å²) in [6, 6.07) is 0. The molecule has 88 valence electrons. The number of hydrogen-bond acceptors (Lipinski definition) is 3. The first-order valence-corrected chi connectivity index (χ1v) is 6.42. The van der Waals surface area contributed by atoms with Crippen molar-refractivity contribution in [3.63, 3.8) is 0 Å². The first-order chi connectivity index (χ1) is 7.81. The fraction of sp³-hybridized carbons (Fsp3) is 0.667. The second-order valence-corrected chi connectivity index (χ2v) is 4.73. The first-order valence-electron chi connectivity index (χ1n) is 6.04. The maximum atomic E-state index is 6.03. The van der Waals surface area contributed by atoms with Crippen LogP contribution in [0.1, 0.15) is 38.2 Å². The lowest BCUT2D eigenvalue weighted by Crippen LogP contribution is -2.13. The third-order valence-electron chi connectivity index (χ3n) is 3.28. The largest absolute Gasteiger partial charge is 0.369 e. The molecular formula is C12H18ClN3. The van der Waals surface area contributed by atoms with Crippen LogP contribution >= 0.6 is 11.6 Å². The smallest absolute Gasteiger partial charge is 0.137 e. The highest BCUT2D eigenvalue weighted by Gasteiger charge is 2.15. The standard InChI is InChI=1S/C12H18ClN3/c1-2-10-11(13)15-8-16-12(10)14-7-9-5-3-4-6-9/h8-9H,2-7H2,1H3,(H,14,15,16). The molecule has 0 atom stereocenters. The van der Waals surface area contributed by atoms with Crippen LogP contribution < -0.4 is 5.32 Å². The van der Waals surface area contributed by atoms with Gasteiger partial charge in [-0.2, -0.15) is 0 Å². The van der Waals surface area contributed by atoms with E-state index in [1.165, 1.54) is 32.0 Å². The van der Waals surface area contributed by atoms with E-state index in [0.29, 0.717) is 5.15 Å². The summed E-state index contributed by atoms with van der Waals surface area (Å²) in [5, 5.41) is 3.99. The molecule has 0 saturated heterocycles. The van der Waals surface area contributed by atoms with Gasteiger partial charge in [0.25, 0.3) is 0 Å². The fourth-order valence-corrected chi connectivity index (χ4v) is 2.58. The SMILES string of the molecule is CCc1c(Cl)ncnc1NCC1CCCC1. The van der Waals surface area contributed by atoms with E-state index in [9.17, 15) is 0 Å². The average molecular weight is 240 g/mol. The zero-order chi connectivity index (χ0) is 11.4. The predicted octanol–water partition coefficient (Wildman–Crippen LogP) is 3.29. The van der Waals surface area contributed by atoms with Crippen molar-refractivity contribution in [3.05, 3.63) is 17.0 Å². The fourth-order valence-electron chi connectivity index (χ4n) is 2.31. The molecule has 1 aliphatic carbocycles. The molecule has 4 heteroatoms. The van der Waals surface area contributed by atoms with Gasteiger partial charge in [0, 0.05) is 12.1 Å². The van der Waals surface area contributed by atoms with Crippen molar-refractivity contribution in [2.75, 3.05) is 11.9 Å². The normalized spacial score (nSPS) is 16.6. The topological polar surface area (TPSA) is 37.8 Å². The van der Waals surface area contributed by atoms with Gasteiger partial charge in [0.2, 0.25) is 0 Å². The number of halogens is 1. The van der Waals surface area contributed by atoms with E-state index in [-0.39, 0.29) is 0 Å². The lowest BCUT2D eigenvalue weighted by molar-refractivity contribution is 0.578. The molecule has 1 fully saturated rings. The van der Waals surface area contributed by atoms with Crippen LogP contribution in [0.15, 0.2) is 6.33 Å². The van der Waals surface area contributed by atoms with Gasteiger partial charge >= 0.3 is 0 Å². The van der Waals surface area contributed by atoms with Gasteiger partial charge in [-0.05, 0) is 25.2 Å². The van der Waals surface area contributed by atoms with Crippen molar-refractivity contribution in [1.82, 2.24) is 9.97 Å². The molecule has 1 saturated carbocycles. The highest BCUT2D eigenvalue weighted by Crippen LogP contribution is 2.26. The Morgan fingerprint density at radius 2 is 2.12 bits per heavy atom. The van der Waals surface area contributed by atoms with Gasteiger partial charge < -0.3 is 5.32 Å². The van der Waals surface area contributed by atoms with Crippen molar-refractivity contribution in [2.24, 2.45) is 5.92 Å². The van der Waals surface area contributed by atoms with Gasteiger partial charge in [-0.1, -0.05) is 31.4 Å². The summed E-state index contributed by atoms with van der Waals surface area (Å²) < 4.78 is 0. The van der Waals surface area contributed by atoms with Crippen molar-refractivity contribution >= 4 is 17.4 Å². The van der Waals surface area contributed by atoms with Crippen molar-refractivity contribution in [3.8, 4) is 0 Å². The Morgan fingerprint density at radius 3 is 2.81 bits per heavy atom. The third-order valence-corrected chi connectivity index (χ3v) is 3.60. The third kappa shape index (κ3) is 2.64. The van der Waals surface area contributed by atoms with Crippen LogP contribution in [0, 0.1) is 5.92 Å². The molecule has 1 aromatic heterocycles. The number of rotatable bonds is 4. The summed E-state index contributed by atoms with van der Waals surface area (Å²) in [6.07, 6.45) is 7.82. The molecular weight excluding hydrogens is 222 g/mol. The summed E-state index contributed by atoms with van der Waals surface area (Å²) in [6.45, 7) is 3.09. The Balaban J connectivity index is 2.00. The molecule has 2 rings (SSSR count). The number of aromatic nitrogens is 2. The second kappa shape index (κ2) is 5.48. The maximum absolute atomic E-state index is 6.03. The molecule has 0 radical (unpaired) electrons. The van der Waals surface area contributed by atoms with E-state index in [2.05, 4.69) is 22.2 Å². The van der Waals surface area contributed by atoms with Crippen LogP contribution in [0.2, 0.25) is 5.15 Å². The van der Waals surface area contributed by atoms with Crippen molar-refractivity contribution in [1.29, 1.82) is 0 Å². The number of anilines is 1. The summed E-state index contributed by atoms with van der Waals surface area (Å²) in [7, 11) is 0. The van der Waals surface area contributed by atoms with Crippen molar-refractivity contribution in [2.45, 2.75) is 39.0 Å². The average Bonchev–Trinajstić information content (AvgIpc) is 2.79. The number of nitrogens with one attached hydrogen (secondary N) is 1. The van der Waals surface area contributed by atoms with Gasteiger partial charge in [-0.25, -0.2) is 9.97 Å². The Bertz CT molecular complexity index is 348. The van der Waals surface area contributed by atoms with Gasteiger partial charge in [0.05, 0.1) is 0 Å². The van der Waals surface area contributed by atoms with E-state index < -0.39 is 0 Å². The summed E-state index contributed by atoms with van der Waals surface area (Å²) >= 11 is 6.03. The van der Waals surface area contributed by atoms with Crippen LogP contribution in [0.5, 0.6) is 0 Å². The zero-order valence-corrected chi connectivity index (χ0v) is 10.4. The second-order valence-electron chi connectivity index (χ2n) is 4.38. The van der Waals surface area contributed by atoms with Crippen LogP contribution in [0.4, 0.5) is 5.82 Å². The van der Waals surface area contributed by atoms with Crippen molar-refractivity contribution < 1.29 is 0 Å². The molecule has 0 bridgehead atoms. The molecule has 1 aromatic rings. The van der Waals surface area contributed by atoms with E-state index >= 15 is 0 Å². The Hall–Kier alpha value is -0.830. The van der Waals surface area contributed by atoms with Gasteiger partial charge in [-0.3, -0.25) is 0 Å². The predicted molar refractivity (Wildman–Crippen MR) is 66.9 cm³/mol. The molecule has 16 heavy (non-hydrogen) atoms. The maximum Gasteiger partial charge on any atom is 0.137 e. The highest BCUT2D eigenvalue weighted by atomic mass is 35.5. The number of nitrogens with zero attached hydrogens (tertiary/aromatic N) is 2. The minimum Gasteiger partial charge on any atom is -0.369 e. The highest BCUT2D eigenvalue weighted by molar-refractivity contribution is 6.30. The lowest BCUT2D eigenvalue weighted by Gasteiger charge is -2.13. The van der Waals surface area contributed by atoms with E-state index in [0.717, 1.165) is 30.3 Å². The van der Waals surface area contributed by atoms with E-state index in [1.54, 1.807) is 0 Å². The van der Waals surface area contributed by atoms with E-state index in [1.807, 2.05) is 0 Å².